The first-order chi connectivity index (χ1) is 8.58. The van der Waals surface area contributed by atoms with E-state index in [1.807, 2.05) is 25.7 Å². The summed E-state index contributed by atoms with van der Waals surface area (Å²) in [7, 11) is 1.88. The Morgan fingerprint density at radius 1 is 1.67 bits per heavy atom. The van der Waals surface area contributed by atoms with Gasteiger partial charge >= 0.3 is 0 Å². The van der Waals surface area contributed by atoms with Gasteiger partial charge in [-0.15, -0.1) is 0 Å². The molecule has 0 aliphatic carbocycles. The Bertz CT molecular complexity index is 441. The average Bonchev–Trinajstić information content (AvgIpc) is 2.57. The standard InChI is InChI=1S/C12H18BrN3OS/c1-8-12(13)11(16(2)15-8)6-10(17)5-9-7-18-4-3-14-9/h9,14H,3-7H2,1-2H3. The summed E-state index contributed by atoms with van der Waals surface area (Å²) in [5, 5.41) is 7.70. The van der Waals surface area contributed by atoms with Crippen molar-refractivity contribution in [2.45, 2.75) is 25.8 Å². The van der Waals surface area contributed by atoms with Crippen molar-refractivity contribution in [2.24, 2.45) is 7.05 Å². The molecule has 1 fully saturated rings. The number of nitrogens with one attached hydrogen (secondary N) is 1. The second-order valence-electron chi connectivity index (χ2n) is 4.62. The van der Waals surface area contributed by atoms with Gasteiger partial charge in [0.2, 0.25) is 0 Å². The highest BCUT2D eigenvalue weighted by Gasteiger charge is 2.19. The third-order valence-corrected chi connectivity index (χ3v) is 5.26. The molecule has 1 aromatic heterocycles. The first-order valence-electron chi connectivity index (χ1n) is 6.08. The number of carbonyl (C=O) groups is 1. The Morgan fingerprint density at radius 3 is 3.00 bits per heavy atom. The van der Waals surface area contributed by atoms with Crippen LogP contribution in [-0.2, 0) is 18.3 Å². The molecule has 1 aromatic rings. The number of halogens is 1. The monoisotopic (exact) mass is 331 g/mol. The third kappa shape index (κ3) is 3.36. The normalized spacial score (nSPS) is 20.1. The van der Waals surface area contributed by atoms with Gasteiger partial charge in [0.25, 0.3) is 0 Å². The lowest BCUT2D eigenvalue weighted by Crippen LogP contribution is -2.39. The van der Waals surface area contributed by atoms with Crippen LogP contribution in [0.5, 0.6) is 0 Å². The quantitative estimate of drug-likeness (QED) is 0.912. The minimum absolute atomic E-state index is 0.277. The Hall–Kier alpha value is -0.330. The number of Topliss-reactive ketones (excluding diaryl/α,β-unsaturated/α-hetero) is 1. The second kappa shape index (κ2) is 6.21. The lowest BCUT2D eigenvalue weighted by molar-refractivity contribution is -0.118. The van der Waals surface area contributed by atoms with E-state index in [2.05, 4.69) is 26.3 Å². The van der Waals surface area contributed by atoms with E-state index in [1.54, 1.807) is 4.68 Å². The SMILES string of the molecule is Cc1nn(C)c(CC(=O)CC2CSCCN2)c1Br. The molecule has 100 valence electrons. The molecule has 1 atom stereocenters. The molecule has 6 heteroatoms. The topological polar surface area (TPSA) is 46.9 Å². The van der Waals surface area contributed by atoms with E-state index < -0.39 is 0 Å². The second-order valence-corrected chi connectivity index (χ2v) is 6.56. The van der Waals surface area contributed by atoms with Crippen molar-refractivity contribution in [1.29, 1.82) is 0 Å². The Kier molecular flexibility index (Phi) is 4.86. The molecule has 0 amide bonds. The lowest BCUT2D eigenvalue weighted by Gasteiger charge is -2.22. The Morgan fingerprint density at radius 2 is 2.44 bits per heavy atom. The number of thioether (sulfide) groups is 1. The molecule has 1 aliphatic rings. The van der Waals surface area contributed by atoms with Crippen LogP contribution in [-0.4, -0.2) is 39.7 Å². The Labute approximate surface area is 120 Å². The van der Waals surface area contributed by atoms with E-state index in [9.17, 15) is 4.79 Å². The molecule has 0 aromatic carbocycles. The lowest BCUT2D eigenvalue weighted by atomic mass is 10.1. The van der Waals surface area contributed by atoms with Gasteiger partial charge in [-0.2, -0.15) is 16.9 Å². The number of hydrogen-bond donors (Lipinski definition) is 1. The number of carbonyl (C=O) groups excluding carboxylic acids is 1. The van der Waals surface area contributed by atoms with E-state index in [1.165, 1.54) is 0 Å². The van der Waals surface area contributed by atoms with E-state index in [0.29, 0.717) is 18.9 Å². The molecule has 1 aliphatic heterocycles. The highest BCUT2D eigenvalue weighted by molar-refractivity contribution is 9.10. The summed E-state index contributed by atoms with van der Waals surface area (Å²) in [4.78, 5) is 12.1. The first kappa shape index (κ1) is 14.1. The summed E-state index contributed by atoms with van der Waals surface area (Å²) in [6.07, 6.45) is 1.07. The maximum absolute atomic E-state index is 12.1. The van der Waals surface area contributed by atoms with Crippen molar-refractivity contribution in [2.75, 3.05) is 18.1 Å². The largest absolute Gasteiger partial charge is 0.312 e. The van der Waals surface area contributed by atoms with Crippen LogP contribution in [0.3, 0.4) is 0 Å². The minimum Gasteiger partial charge on any atom is -0.312 e. The molecular weight excluding hydrogens is 314 g/mol. The molecule has 0 spiro atoms. The van der Waals surface area contributed by atoms with Crippen LogP contribution in [0.15, 0.2) is 4.47 Å². The highest BCUT2D eigenvalue weighted by Crippen LogP contribution is 2.21. The van der Waals surface area contributed by atoms with Crippen LogP contribution in [0, 0.1) is 6.92 Å². The van der Waals surface area contributed by atoms with Crippen molar-refractivity contribution in [3.63, 3.8) is 0 Å². The highest BCUT2D eigenvalue weighted by atomic mass is 79.9. The third-order valence-electron chi connectivity index (χ3n) is 3.10. The number of aromatic nitrogens is 2. The fourth-order valence-electron chi connectivity index (χ4n) is 2.16. The van der Waals surface area contributed by atoms with Crippen molar-refractivity contribution >= 4 is 33.5 Å². The summed E-state index contributed by atoms with van der Waals surface area (Å²) in [5.74, 6) is 2.47. The van der Waals surface area contributed by atoms with Crippen LogP contribution in [0.4, 0.5) is 0 Å². The van der Waals surface area contributed by atoms with Crippen molar-refractivity contribution < 1.29 is 4.79 Å². The average molecular weight is 332 g/mol. The van der Waals surface area contributed by atoms with Crippen LogP contribution >= 0.6 is 27.7 Å². The number of ketones is 1. The number of hydrogen-bond acceptors (Lipinski definition) is 4. The summed E-state index contributed by atoms with van der Waals surface area (Å²) < 4.78 is 2.75. The molecule has 1 unspecified atom stereocenters. The molecule has 0 radical (unpaired) electrons. The fourth-order valence-corrected chi connectivity index (χ4v) is 3.58. The summed E-state index contributed by atoms with van der Waals surface area (Å²) >= 11 is 5.42. The maximum Gasteiger partial charge on any atom is 0.140 e. The zero-order valence-corrected chi connectivity index (χ0v) is 13.1. The molecule has 4 nitrogen and oxygen atoms in total. The maximum atomic E-state index is 12.1. The molecule has 18 heavy (non-hydrogen) atoms. The minimum atomic E-state index is 0.277. The zero-order valence-electron chi connectivity index (χ0n) is 10.7. The fraction of sp³-hybridized carbons (Fsp3) is 0.667. The predicted octanol–water partition coefficient (Wildman–Crippen LogP) is 1.70. The first-order valence-corrected chi connectivity index (χ1v) is 8.03. The van der Waals surface area contributed by atoms with Gasteiger partial charge in [-0.3, -0.25) is 9.48 Å². The van der Waals surface area contributed by atoms with Crippen molar-refractivity contribution in [3.05, 3.63) is 15.9 Å². The van der Waals surface area contributed by atoms with Crippen LogP contribution in [0.1, 0.15) is 17.8 Å². The van der Waals surface area contributed by atoms with E-state index >= 15 is 0 Å². The summed E-state index contributed by atoms with van der Waals surface area (Å²) in [6.45, 7) is 2.95. The Balaban J connectivity index is 1.94. The number of aryl methyl sites for hydroxylation is 2. The molecule has 2 heterocycles. The van der Waals surface area contributed by atoms with Crippen molar-refractivity contribution in [3.8, 4) is 0 Å². The van der Waals surface area contributed by atoms with E-state index in [-0.39, 0.29) is 5.78 Å². The molecule has 1 N–H and O–H groups in total. The zero-order chi connectivity index (χ0) is 13.1. The van der Waals surface area contributed by atoms with Gasteiger partial charge in [0, 0.05) is 44.0 Å². The van der Waals surface area contributed by atoms with Crippen LogP contribution < -0.4 is 5.32 Å². The number of rotatable bonds is 4. The summed E-state index contributed by atoms with van der Waals surface area (Å²) in [5.41, 5.74) is 1.91. The molecule has 0 saturated carbocycles. The smallest absolute Gasteiger partial charge is 0.140 e. The van der Waals surface area contributed by atoms with E-state index in [4.69, 9.17) is 0 Å². The van der Waals surface area contributed by atoms with Gasteiger partial charge in [-0.05, 0) is 22.9 Å². The number of nitrogens with zero attached hydrogens (tertiary/aromatic N) is 2. The van der Waals surface area contributed by atoms with Crippen molar-refractivity contribution in [1.82, 2.24) is 15.1 Å². The van der Waals surface area contributed by atoms with Gasteiger partial charge in [-0.1, -0.05) is 0 Å². The predicted molar refractivity (Wildman–Crippen MR) is 78.1 cm³/mol. The van der Waals surface area contributed by atoms with Gasteiger partial charge in [0.05, 0.1) is 15.9 Å². The van der Waals surface area contributed by atoms with Gasteiger partial charge in [0.1, 0.15) is 5.78 Å². The summed E-state index contributed by atoms with van der Waals surface area (Å²) in [6, 6.07) is 0.337. The molecule has 1 saturated heterocycles. The van der Waals surface area contributed by atoms with Crippen LogP contribution in [0.2, 0.25) is 0 Å². The van der Waals surface area contributed by atoms with Gasteiger partial charge in [0.15, 0.2) is 0 Å². The molecular formula is C12H18BrN3OS. The molecule has 0 bridgehead atoms. The van der Waals surface area contributed by atoms with Gasteiger partial charge in [-0.25, -0.2) is 0 Å². The van der Waals surface area contributed by atoms with Gasteiger partial charge < -0.3 is 5.32 Å². The van der Waals surface area contributed by atoms with E-state index in [0.717, 1.165) is 33.9 Å². The molecule has 2 rings (SSSR count). The van der Waals surface area contributed by atoms with Crippen LogP contribution in [0.25, 0.3) is 0 Å².